The number of amides is 2. The summed E-state index contributed by atoms with van der Waals surface area (Å²) in [4.78, 5) is 28.0. The van der Waals surface area contributed by atoms with Crippen LogP contribution in [0.5, 0.6) is 5.75 Å². The SMILES string of the molecule is CCOc1ccc(N(CC(=O)N(Cc2ccc(Cl)cc2Cl)[C@@H](CC)C(=O)NC)S(=O)(=O)c2ccc(Cl)cc2)cc1. The standard InChI is InChI=1S/C28H30Cl3N3O5S/c1-4-26(28(36)32-3)33(17-19-6-7-21(30)16-25(19)31)27(35)18-34(22-10-12-23(13-11-22)39-5-2)40(37,38)24-14-8-20(29)9-15-24/h6-16,26H,4-5,17-18H2,1-3H3,(H,32,36)/t26-/m0/s1. The first-order valence-electron chi connectivity index (χ1n) is 12.5. The molecule has 0 radical (unpaired) electrons. The van der Waals surface area contributed by atoms with Gasteiger partial charge in [0.25, 0.3) is 10.0 Å². The van der Waals surface area contributed by atoms with Crippen molar-refractivity contribution in [3.8, 4) is 5.75 Å². The molecule has 0 aliphatic carbocycles. The Morgan fingerprint density at radius 3 is 2.10 bits per heavy atom. The molecule has 3 aromatic rings. The van der Waals surface area contributed by atoms with Gasteiger partial charge in [0.05, 0.1) is 17.2 Å². The molecular weight excluding hydrogens is 597 g/mol. The first-order chi connectivity index (χ1) is 19.0. The van der Waals surface area contributed by atoms with Crippen LogP contribution in [0.2, 0.25) is 15.1 Å². The Balaban J connectivity index is 2.07. The predicted molar refractivity (Wildman–Crippen MR) is 159 cm³/mol. The third-order valence-electron chi connectivity index (χ3n) is 6.10. The van der Waals surface area contributed by atoms with E-state index < -0.39 is 34.4 Å². The Morgan fingerprint density at radius 1 is 0.925 bits per heavy atom. The molecule has 0 saturated carbocycles. The number of carbonyl (C=O) groups excluding carboxylic acids is 2. The number of sulfonamides is 1. The lowest BCUT2D eigenvalue weighted by molar-refractivity contribution is -0.140. The first kappa shape index (κ1) is 31.5. The highest BCUT2D eigenvalue weighted by Crippen LogP contribution is 2.28. The molecule has 0 aromatic heterocycles. The molecule has 0 heterocycles. The van der Waals surface area contributed by atoms with Crippen molar-refractivity contribution < 1.29 is 22.7 Å². The molecule has 0 aliphatic rings. The van der Waals surface area contributed by atoms with Crippen molar-refractivity contribution in [1.82, 2.24) is 10.2 Å². The Kier molecular flexibility index (Phi) is 11.1. The molecule has 3 aromatic carbocycles. The van der Waals surface area contributed by atoms with Crippen molar-refractivity contribution in [2.24, 2.45) is 0 Å². The smallest absolute Gasteiger partial charge is 0.264 e. The molecule has 12 heteroatoms. The van der Waals surface area contributed by atoms with Gasteiger partial charge in [0.15, 0.2) is 0 Å². The third kappa shape index (κ3) is 7.60. The molecular formula is C28H30Cl3N3O5S. The second-order valence-corrected chi connectivity index (χ2v) is 11.8. The summed E-state index contributed by atoms with van der Waals surface area (Å²) in [6.07, 6.45) is 0.281. The summed E-state index contributed by atoms with van der Waals surface area (Å²) < 4.78 is 34.2. The number of nitrogens with zero attached hydrogens (tertiary/aromatic N) is 2. The van der Waals surface area contributed by atoms with E-state index in [1.165, 1.54) is 36.2 Å². The van der Waals surface area contributed by atoms with Crippen LogP contribution in [0.3, 0.4) is 0 Å². The average Bonchev–Trinajstić information content (AvgIpc) is 2.93. The zero-order valence-electron chi connectivity index (χ0n) is 22.2. The van der Waals surface area contributed by atoms with Crippen molar-refractivity contribution in [1.29, 1.82) is 0 Å². The molecule has 0 unspecified atom stereocenters. The highest BCUT2D eigenvalue weighted by Gasteiger charge is 2.33. The van der Waals surface area contributed by atoms with Gasteiger partial charge in [0, 0.05) is 28.7 Å². The number of rotatable bonds is 12. The molecule has 214 valence electrons. The molecule has 0 saturated heterocycles. The normalized spacial score (nSPS) is 11.9. The number of likely N-dealkylation sites (N-methyl/N-ethyl adjacent to an activating group) is 1. The minimum Gasteiger partial charge on any atom is -0.494 e. The minimum atomic E-state index is -4.23. The van der Waals surface area contributed by atoms with Crippen LogP contribution >= 0.6 is 34.8 Å². The summed E-state index contributed by atoms with van der Waals surface area (Å²) in [6, 6.07) is 16.0. The molecule has 0 spiro atoms. The second kappa shape index (κ2) is 14.1. The number of anilines is 1. The third-order valence-corrected chi connectivity index (χ3v) is 8.73. The molecule has 2 amide bonds. The van der Waals surface area contributed by atoms with Crippen molar-refractivity contribution in [3.63, 3.8) is 0 Å². The fourth-order valence-electron chi connectivity index (χ4n) is 4.06. The van der Waals surface area contributed by atoms with Crippen molar-refractivity contribution in [2.75, 3.05) is 24.5 Å². The van der Waals surface area contributed by atoms with Crippen LogP contribution in [-0.4, -0.2) is 51.4 Å². The van der Waals surface area contributed by atoms with Crippen LogP contribution in [0.25, 0.3) is 0 Å². The molecule has 40 heavy (non-hydrogen) atoms. The number of hydrogen-bond donors (Lipinski definition) is 1. The first-order valence-corrected chi connectivity index (χ1v) is 15.0. The Hall–Kier alpha value is -2.98. The maximum absolute atomic E-state index is 14.0. The lowest BCUT2D eigenvalue weighted by Gasteiger charge is -2.33. The maximum Gasteiger partial charge on any atom is 0.264 e. The zero-order valence-corrected chi connectivity index (χ0v) is 25.3. The van der Waals surface area contributed by atoms with E-state index in [1.54, 1.807) is 49.4 Å². The maximum atomic E-state index is 14.0. The lowest BCUT2D eigenvalue weighted by Crippen LogP contribution is -2.51. The number of ether oxygens (including phenoxy) is 1. The summed E-state index contributed by atoms with van der Waals surface area (Å²) in [5, 5.41) is 3.68. The van der Waals surface area contributed by atoms with Gasteiger partial charge in [-0.05, 0) is 79.6 Å². The van der Waals surface area contributed by atoms with Gasteiger partial charge in [-0.1, -0.05) is 47.8 Å². The summed E-state index contributed by atoms with van der Waals surface area (Å²) in [6.45, 7) is 3.40. The lowest BCUT2D eigenvalue weighted by atomic mass is 10.1. The number of carbonyl (C=O) groups is 2. The van der Waals surface area contributed by atoms with Crippen molar-refractivity contribution >= 4 is 62.3 Å². The van der Waals surface area contributed by atoms with Gasteiger partial charge in [-0.3, -0.25) is 13.9 Å². The molecule has 1 atom stereocenters. The molecule has 8 nitrogen and oxygen atoms in total. The van der Waals surface area contributed by atoms with Crippen LogP contribution in [0.15, 0.2) is 71.6 Å². The number of nitrogens with one attached hydrogen (secondary N) is 1. The highest BCUT2D eigenvalue weighted by molar-refractivity contribution is 7.92. The Morgan fingerprint density at radius 2 is 1.55 bits per heavy atom. The Bertz CT molecular complexity index is 1430. The predicted octanol–water partition coefficient (Wildman–Crippen LogP) is 5.79. The van der Waals surface area contributed by atoms with Gasteiger partial charge in [0.1, 0.15) is 18.3 Å². The van der Waals surface area contributed by atoms with Crippen LogP contribution in [0.1, 0.15) is 25.8 Å². The highest BCUT2D eigenvalue weighted by atomic mass is 35.5. The van der Waals surface area contributed by atoms with E-state index in [1.807, 2.05) is 6.92 Å². The fourth-order valence-corrected chi connectivity index (χ4v) is 6.07. The quantitative estimate of drug-likeness (QED) is 0.274. The number of halogens is 3. The van der Waals surface area contributed by atoms with E-state index in [2.05, 4.69) is 5.32 Å². The average molecular weight is 627 g/mol. The van der Waals surface area contributed by atoms with E-state index in [-0.39, 0.29) is 23.5 Å². The van der Waals surface area contributed by atoms with Crippen LogP contribution in [0, 0.1) is 0 Å². The van der Waals surface area contributed by atoms with Gasteiger partial charge in [0.2, 0.25) is 11.8 Å². The van der Waals surface area contributed by atoms with Crippen LogP contribution in [-0.2, 0) is 26.2 Å². The molecule has 3 rings (SSSR count). The van der Waals surface area contributed by atoms with E-state index in [4.69, 9.17) is 39.5 Å². The van der Waals surface area contributed by atoms with Crippen molar-refractivity contribution in [2.45, 2.75) is 37.8 Å². The van der Waals surface area contributed by atoms with E-state index >= 15 is 0 Å². The summed E-state index contributed by atoms with van der Waals surface area (Å²) >= 11 is 18.4. The number of hydrogen-bond acceptors (Lipinski definition) is 5. The number of benzene rings is 3. The van der Waals surface area contributed by atoms with E-state index in [0.29, 0.717) is 33.0 Å². The molecule has 0 bridgehead atoms. The summed E-state index contributed by atoms with van der Waals surface area (Å²) in [5.41, 5.74) is 0.791. The van der Waals surface area contributed by atoms with E-state index in [9.17, 15) is 18.0 Å². The molecule has 0 fully saturated rings. The summed E-state index contributed by atoms with van der Waals surface area (Å²) in [5.74, 6) is -0.451. The van der Waals surface area contributed by atoms with E-state index in [0.717, 1.165) is 4.31 Å². The Labute approximate surface area is 249 Å². The van der Waals surface area contributed by atoms with Crippen LogP contribution in [0.4, 0.5) is 5.69 Å². The van der Waals surface area contributed by atoms with Gasteiger partial charge in [-0.2, -0.15) is 0 Å². The molecule has 0 aliphatic heterocycles. The monoisotopic (exact) mass is 625 g/mol. The van der Waals surface area contributed by atoms with Gasteiger partial charge in [-0.15, -0.1) is 0 Å². The topological polar surface area (TPSA) is 96.0 Å². The van der Waals surface area contributed by atoms with Gasteiger partial charge < -0.3 is 15.0 Å². The second-order valence-electron chi connectivity index (χ2n) is 8.69. The molecule has 1 N–H and O–H groups in total. The van der Waals surface area contributed by atoms with Crippen molar-refractivity contribution in [3.05, 3.63) is 87.4 Å². The largest absolute Gasteiger partial charge is 0.494 e. The van der Waals surface area contributed by atoms with Crippen LogP contribution < -0.4 is 14.4 Å². The minimum absolute atomic E-state index is 0.0428. The zero-order chi connectivity index (χ0) is 29.4. The fraction of sp³-hybridized carbons (Fsp3) is 0.286. The summed E-state index contributed by atoms with van der Waals surface area (Å²) in [7, 11) is -2.75. The van der Waals surface area contributed by atoms with Gasteiger partial charge in [-0.25, -0.2) is 8.42 Å². The van der Waals surface area contributed by atoms with Gasteiger partial charge >= 0.3 is 0 Å².